The van der Waals surface area contributed by atoms with Gasteiger partial charge in [0.2, 0.25) is 0 Å². The molecule has 1 heterocycles. The van der Waals surface area contributed by atoms with Crippen LogP contribution in [-0.2, 0) is 14.3 Å². The van der Waals surface area contributed by atoms with Crippen LogP contribution in [0.3, 0.4) is 0 Å². The van der Waals surface area contributed by atoms with E-state index in [4.69, 9.17) is 0 Å². The molecule has 0 aliphatic carbocycles. The van der Waals surface area contributed by atoms with Crippen molar-refractivity contribution in [3.05, 3.63) is 0 Å². The summed E-state index contributed by atoms with van der Waals surface area (Å²) in [4.78, 5) is 2.17. The zero-order chi connectivity index (χ0) is 9.90. The van der Waals surface area contributed by atoms with Crippen molar-refractivity contribution >= 4 is 10.1 Å². The first kappa shape index (κ1) is 10.9. The molecule has 0 amide bonds. The quantitative estimate of drug-likeness (QED) is 0.625. The molecule has 1 atom stereocenters. The highest BCUT2D eigenvalue weighted by Crippen LogP contribution is 2.17. The molecule has 5 heteroatoms. The van der Waals surface area contributed by atoms with Crippen LogP contribution < -0.4 is 0 Å². The molecule has 1 aliphatic rings. The van der Waals surface area contributed by atoms with E-state index in [-0.39, 0.29) is 11.7 Å². The summed E-state index contributed by atoms with van der Waals surface area (Å²) < 4.78 is 26.7. The lowest BCUT2D eigenvalue weighted by Gasteiger charge is -2.28. The first-order chi connectivity index (χ1) is 6.03. The Bertz CT molecular complexity index is 250. The van der Waals surface area contributed by atoms with Gasteiger partial charge in [-0.25, -0.2) is 0 Å². The average Bonchev–Trinajstić information content (AvgIpc) is 2.03. The molecular weight excluding hydrogens is 190 g/mol. The van der Waals surface area contributed by atoms with Crippen molar-refractivity contribution in [3.8, 4) is 0 Å². The first-order valence-electron chi connectivity index (χ1n) is 4.50. The van der Waals surface area contributed by atoms with E-state index < -0.39 is 10.1 Å². The Morgan fingerprint density at radius 2 is 2.23 bits per heavy atom. The molecule has 0 aromatic carbocycles. The van der Waals surface area contributed by atoms with Gasteiger partial charge in [-0.3, -0.25) is 4.18 Å². The third-order valence-electron chi connectivity index (χ3n) is 2.42. The minimum Gasteiger partial charge on any atom is -0.306 e. The second-order valence-electron chi connectivity index (χ2n) is 3.66. The summed E-state index contributed by atoms with van der Waals surface area (Å²) in [6, 6.07) is 0. The Labute approximate surface area is 80.0 Å². The average molecular weight is 207 g/mol. The van der Waals surface area contributed by atoms with Crippen molar-refractivity contribution in [1.29, 1.82) is 0 Å². The molecule has 1 saturated heterocycles. The van der Waals surface area contributed by atoms with E-state index in [9.17, 15) is 8.42 Å². The Morgan fingerprint density at radius 3 is 2.77 bits per heavy atom. The normalized spacial score (nSPS) is 26.2. The van der Waals surface area contributed by atoms with E-state index in [1.54, 1.807) is 0 Å². The Hall–Kier alpha value is -0.130. The summed E-state index contributed by atoms with van der Waals surface area (Å²) in [7, 11) is -0.0257. The van der Waals surface area contributed by atoms with Gasteiger partial charge in [0.25, 0.3) is 10.1 Å². The van der Waals surface area contributed by atoms with Crippen LogP contribution in [0, 0.1) is 5.92 Å². The van der Waals surface area contributed by atoms with Gasteiger partial charge in [0, 0.05) is 6.54 Å². The van der Waals surface area contributed by atoms with Crippen molar-refractivity contribution in [2.75, 3.05) is 33.0 Å². The van der Waals surface area contributed by atoms with Crippen LogP contribution in [0.4, 0.5) is 0 Å². The summed E-state index contributed by atoms with van der Waals surface area (Å²) in [6.07, 6.45) is 2.08. The van der Waals surface area contributed by atoms with Gasteiger partial charge in [0.05, 0.1) is 12.9 Å². The largest absolute Gasteiger partial charge is 0.306 e. The van der Waals surface area contributed by atoms with Gasteiger partial charge in [-0.2, -0.15) is 8.42 Å². The molecule has 1 aliphatic heterocycles. The van der Waals surface area contributed by atoms with Gasteiger partial charge in [-0.05, 0) is 32.4 Å². The topological polar surface area (TPSA) is 46.6 Å². The lowest BCUT2D eigenvalue weighted by Crippen LogP contribution is -2.35. The number of hydrogen-bond donors (Lipinski definition) is 0. The third-order valence-corrected chi connectivity index (χ3v) is 3.80. The predicted octanol–water partition coefficient (Wildman–Crippen LogP) is 0.304. The van der Waals surface area contributed by atoms with Crippen LogP contribution >= 0.6 is 0 Å². The summed E-state index contributed by atoms with van der Waals surface area (Å²) in [5.41, 5.74) is 0. The van der Waals surface area contributed by atoms with E-state index in [1.165, 1.54) is 7.11 Å². The standard InChI is InChI=1S/C8H17NO3S/c1-9-5-3-4-8(6-9)7-13(10,11)12-2/h8H,3-7H2,1-2H3. The fourth-order valence-electron chi connectivity index (χ4n) is 1.77. The molecule has 0 bridgehead atoms. The molecule has 0 aromatic heterocycles. The van der Waals surface area contributed by atoms with E-state index in [1.807, 2.05) is 7.05 Å². The second-order valence-corrected chi connectivity index (χ2v) is 5.44. The maximum Gasteiger partial charge on any atom is 0.267 e. The van der Waals surface area contributed by atoms with Gasteiger partial charge in [-0.1, -0.05) is 0 Å². The summed E-state index contributed by atoms with van der Waals surface area (Å²) in [5, 5.41) is 0. The molecule has 0 saturated carbocycles. The lowest BCUT2D eigenvalue weighted by molar-refractivity contribution is 0.220. The Kier molecular flexibility index (Phi) is 3.70. The molecule has 0 radical (unpaired) electrons. The van der Waals surface area contributed by atoms with Gasteiger partial charge in [-0.15, -0.1) is 0 Å². The van der Waals surface area contributed by atoms with Crippen LogP contribution in [0.1, 0.15) is 12.8 Å². The molecule has 13 heavy (non-hydrogen) atoms. The second kappa shape index (κ2) is 4.39. The molecule has 4 nitrogen and oxygen atoms in total. The van der Waals surface area contributed by atoms with Crippen LogP contribution in [0.2, 0.25) is 0 Å². The van der Waals surface area contributed by atoms with E-state index in [2.05, 4.69) is 9.08 Å². The Balaban J connectivity index is 2.45. The highest BCUT2D eigenvalue weighted by molar-refractivity contribution is 7.86. The minimum atomic E-state index is -3.27. The molecule has 0 N–H and O–H groups in total. The van der Waals surface area contributed by atoms with E-state index in [0.29, 0.717) is 0 Å². The van der Waals surface area contributed by atoms with Crippen molar-refractivity contribution in [2.24, 2.45) is 5.92 Å². The molecule has 0 spiro atoms. The Morgan fingerprint density at radius 1 is 1.54 bits per heavy atom. The number of nitrogens with zero attached hydrogens (tertiary/aromatic N) is 1. The first-order valence-corrected chi connectivity index (χ1v) is 6.08. The summed E-state index contributed by atoms with van der Waals surface area (Å²) in [6.45, 7) is 1.94. The van der Waals surface area contributed by atoms with Crippen molar-refractivity contribution in [3.63, 3.8) is 0 Å². The number of piperidine rings is 1. The molecule has 0 aromatic rings. The fraction of sp³-hybridized carbons (Fsp3) is 1.00. The summed E-state index contributed by atoms with van der Waals surface area (Å²) >= 11 is 0. The zero-order valence-electron chi connectivity index (χ0n) is 8.19. The highest BCUT2D eigenvalue weighted by atomic mass is 32.2. The molecule has 78 valence electrons. The monoisotopic (exact) mass is 207 g/mol. The molecular formula is C8H17NO3S. The van der Waals surface area contributed by atoms with Crippen LogP contribution in [-0.4, -0.2) is 46.3 Å². The number of likely N-dealkylation sites (tertiary alicyclic amines) is 1. The third kappa shape index (κ3) is 3.62. The highest BCUT2D eigenvalue weighted by Gasteiger charge is 2.23. The van der Waals surface area contributed by atoms with Crippen molar-refractivity contribution < 1.29 is 12.6 Å². The zero-order valence-corrected chi connectivity index (χ0v) is 9.01. The number of rotatable bonds is 3. The van der Waals surface area contributed by atoms with Crippen LogP contribution in [0.15, 0.2) is 0 Å². The minimum absolute atomic E-state index is 0.161. The smallest absolute Gasteiger partial charge is 0.267 e. The van der Waals surface area contributed by atoms with E-state index in [0.717, 1.165) is 25.9 Å². The SMILES string of the molecule is COS(=O)(=O)CC1CCCN(C)C1. The van der Waals surface area contributed by atoms with Gasteiger partial charge < -0.3 is 4.90 Å². The van der Waals surface area contributed by atoms with Gasteiger partial charge >= 0.3 is 0 Å². The molecule has 1 unspecified atom stereocenters. The lowest BCUT2D eigenvalue weighted by atomic mass is 10.0. The van der Waals surface area contributed by atoms with Crippen molar-refractivity contribution in [2.45, 2.75) is 12.8 Å². The molecule has 1 fully saturated rings. The number of hydrogen-bond acceptors (Lipinski definition) is 4. The summed E-state index contributed by atoms with van der Waals surface area (Å²) in [5.74, 6) is 0.400. The maximum atomic E-state index is 11.1. The van der Waals surface area contributed by atoms with Crippen LogP contribution in [0.5, 0.6) is 0 Å². The van der Waals surface area contributed by atoms with Gasteiger partial charge in [0.1, 0.15) is 0 Å². The maximum absolute atomic E-state index is 11.1. The predicted molar refractivity (Wildman–Crippen MR) is 51.0 cm³/mol. The van der Waals surface area contributed by atoms with E-state index >= 15 is 0 Å². The van der Waals surface area contributed by atoms with Crippen LogP contribution in [0.25, 0.3) is 0 Å². The van der Waals surface area contributed by atoms with Crippen molar-refractivity contribution in [1.82, 2.24) is 4.90 Å². The van der Waals surface area contributed by atoms with Gasteiger partial charge in [0.15, 0.2) is 0 Å². The molecule has 1 rings (SSSR count). The fourth-order valence-corrected chi connectivity index (χ4v) is 2.75.